The fourth-order valence-electron chi connectivity index (χ4n) is 4.44. The van der Waals surface area contributed by atoms with Crippen molar-refractivity contribution in [2.45, 2.75) is 80.3 Å². The molecule has 2 heterocycles. The quantitative estimate of drug-likeness (QED) is 0.536. The monoisotopic (exact) mass is 503 g/mol. The minimum Gasteiger partial charge on any atom is -0.379 e. The van der Waals surface area contributed by atoms with Crippen molar-refractivity contribution in [3.63, 3.8) is 0 Å². The molecule has 36 heavy (non-hydrogen) atoms. The van der Waals surface area contributed by atoms with Crippen LogP contribution in [0.1, 0.15) is 77.5 Å². The van der Waals surface area contributed by atoms with E-state index in [1.807, 2.05) is 32.3 Å². The Balaban J connectivity index is 1.94. The Bertz CT molecular complexity index is 1110. The summed E-state index contributed by atoms with van der Waals surface area (Å²) in [5.41, 5.74) is 0.817. The molecular weight excluding hydrogens is 464 g/mol. The average Bonchev–Trinajstić information content (AvgIpc) is 2.96. The van der Waals surface area contributed by atoms with Crippen molar-refractivity contribution in [3.8, 4) is 11.4 Å². The molecule has 198 valence electrons. The zero-order chi connectivity index (χ0) is 26.8. The van der Waals surface area contributed by atoms with Crippen LogP contribution in [0.25, 0.3) is 11.4 Å². The topological polar surface area (TPSA) is 73.2 Å². The molecule has 0 fully saturated rings. The third-order valence-electron chi connectivity index (χ3n) is 6.65. The van der Waals surface area contributed by atoms with E-state index in [1.165, 1.54) is 6.07 Å². The highest BCUT2D eigenvalue weighted by Gasteiger charge is 2.37. The number of ketones is 1. The lowest BCUT2D eigenvalue weighted by molar-refractivity contribution is -0.127. The van der Waals surface area contributed by atoms with Crippen LogP contribution in [0.15, 0.2) is 18.2 Å². The van der Waals surface area contributed by atoms with Crippen molar-refractivity contribution in [1.82, 2.24) is 14.9 Å². The molecule has 0 saturated carbocycles. The molecular formula is C28H39F2N3O3. The van der Waals surface area contributed by atoms with Crippen molar-refractivity contribution >= 4 is 11.7 Å². The molecule has 8 heteroatoms. The summed E-state index contributed by atoms with van der Waals surface area (Å²) in [4.78, 5) is 31.6. The van der Waals surface area contributed by atoms with Crippen molar-refractivity contribution in [3.05, 3.63) is 41.2 Å². The van der Waals surface area contributed by atoms with Crippen LogP contribution in [0.5, 0.6) is 0 Å². The summed E-state index contributed by atoms with van der Waals surface area (Å²) in [6, 6.07) is 2.87. The predicted molar refractivity (Wildman–Crippen MR) is 136 cm³/mol. The average molecular weight is 504 g/mol. The molecule has 2 atom stereocenters. The summed E-state index contributed by atoms with van der Waals surface area (Å²) in [5, 5.41) is 2.97. The van der Waals surface area contributed by atoms with Crippen molar-refractivity contribution in [1.29, 1.82) is 0 Å². The van der Waals surface area contributed by atoms with E-state index in [0.29, 0.717) is 43.3 Å². The Labute approximate surface area is 212 Å². The van der Waals surface area contributed by atoms with Gasteiger partial charge in [0.1, 0.15) is 11.5 Å². The maximum Gasteiger partial charge on any atom is 0.272 e. The van der Waals surface area contributed by atoms with Gasteiger partial charge >= 0.3 is 0 Å². The summed E-state index contributed by atoms with van der Waals surface area (Å²) < 4.78 is 35.0. The second kappa shape index (κ2) is 10.8. The first kappa shape index (κ1) is 28.0. The number of Topliss-reactive ketones (excluding diaryl/α,β-unsaturated/α-hetero) is 1. The number of aromatic nitrogens is 2. The number of nitrogens with zero attached hydrogens (tertiary/aromatic N) is 2. The molecule has 0 radical (unpaired) electrons. The largest absolute Gasteiger partial charge is 0.379 e. The van der Waals surface area contributed by atoms with Crippen LogP contribution in [-0.2, 0) is 22.5 Å². The van der Waals surface area contributed by atoms with E-state index in [2.05, 4.69) is 31.1 Å². The number of carbonyl (C=O) groups is 2. The Kier molecular flexibility index (Phi) is 8.38. The van der Waals surface area contributed by atoms with E-state index in [0.717, 1.165) is 25.0 Å². The van der Waals surface area contributed by atoms with Crippen LogP contribution in [0, 0.1) is 28.4 Å². The maximum atomic E-state index is 14.0. The van der Waals surface area contributed by atoms with Crippen molar-refractivity contribution in [2.24, 2.45) is 16.7 Å². The summed E-state index contributed by atoms with van der Waals surface area (Å²) in [6.07, 6.45) is 2.08. The van der Waals surface area contributed by atoms with Crippen molar-refractivity contribution < 1.29 is 23.1 Å². The predicted octanol–water partition coefficient (Wildman–Crippen LogP) is 5.58. The first-order valence-electron chi connectivity index (χ1n) is 12.7. The van der Waals surface area contributed by atoms with Crippen LogP contribution in [0.4, 0.5) is 8.78 Å². The highest BCUT2D eigenvalue weighted by molar-refractivity contribution is 5.98. The van der Waals surface area contributed by atoms with Gasteiger partial charge in [-0.1, -0.05) is 48.5 Å². The molecule has 1 aromatic heterocycles. The summed E-state index contributed by atoms with van der Waals surface area (Å²) >= 11 is 0. The summed E-state index contributed by atoms with van der Waals surface area (Å²) in [5.74, 6) is -2.23. The lowest BCUT2D eigenvalue weighted by Gasteiger charge is -2.32. The third kappa shape index (κ3) is 6.58. The fraction of sp³-hybridized carbons (Fsp3) is 0.607. The van der Waals surface area contributed by atoms with Gasteiger partial charge in [-0.15, -0.1) is 0 Å². The first-order valence-corrected chi connectivity index (χ1v) is 12.7. The van der Waals surface area contributed by atoms with Gasteiger partial charge in [-0.25, -0.2) is 13.8 Å². The second-order valence-corrected chi connectivity index (χ2v) is 12.0. The molecule has 1 aliphatic rings. The molecule has 2 aromatic rings. The van der Waals surface area contributed by atoms with Crippen LogP contribution >= 0.6 is 0 Å². The Morgan fingerprint density at radius 2 is 1.81 bits per heavy atom. The smallest absolute Gasteiger partial charge is 0.272 e. The lowest BCUT2D eigenvalue weighted by Crippen LogP contribution is -2.51. The fourth-order valence-corrected chi connectivity index (χ4v) is 4.44. The summed E-state index contributed by atoms with van der Waals surface area (Å²) in [6.45, 7) is 15.4. The molecule has 1 aliphatic heterocycles. The number of hydrogen-bond acceptors (Lipinski definition) is 4. The Morgan fingerprint density at radius 1 is 1.11 bits per heavy atom. The lowest BCUT2D eigenvalue weighted by atomic mass is 9.78. The molecule has 1 amide bonds. The minimum atomic E-state index is -0.983. The number of nitrogens with one attached hydrogen (secondary N) is 1. The van der Waals surface area contributed by atoms with Gasteiger partial charge in [-0.2, -0.15) is 0 Å². The number of ether oxygens (including phenoxy) is 1. The van der Waals surface area contributed by atoms with Crippen LogP contribution in [0.2, 0.25) is 0 Å². The first-order chi connectivity index (χ1) is 16.7. The van der Waals surface area contributed by atoms with E-state index in [9.17, 15) is 18.4 Å². The second-order valence-electron chi connectivity index (χ2n) is 12.0. The number of hydrogen-bond donors (Lipinski definition) is 1. The van der Waals surface area contributed by atoms with Crippen LogP contribution in [0.3, 0.4) is 0 Å². The molecule has 0 aliphatic carbocycles. The number of carbonyl (C=O) groups excluding carboxylic acids is 2. The highest BCUT2D eigenvalue weighted by atomic mass is 19.2. The number of amides is 1. The normalized spacial score (nSPS) is 16.1. The van der Waals surface area contributed by atoms with E-state index in [4.69, 9.17) is 4.74 Å². The van der Waals surface area contributed by atoms with Gasteiger partial charge in [0, 0.05) is 24.4 Å². The van der Waals surface area contributed by atoms with Crippen LogP contribution < -0.4 is 5.32 Å². The van der Waals surface area contributed by atoms with Crippen LogP contribution in [-0.4, -0.2) is 40.5 Å². The van der Waals surface area contributed by atoms with Gasteiger partial charge in [0.05, 0.1) is 24.9 Å². The Hall–Kier alpha value is -2.61. The maximum absolute atomic E-state index is 14.0. The van der Waals surface area contributed by atoms with Gasteiger partial charge < -0.3 is 14.6 Å². The van der Waals surface area contributed by atoms with Crippen molar-refractivity contribution in [2.75, 3.05) is 13.2 Å². The van der Waals surface area contributed by atoms with Gasteiger partial charge in [0.2, 0.25) is 0 Å². The molecule has 0 spiro atoms. The molecule has 6 nitrogen and oxygen atoms in total. The summed E-state index contributed by atoms with van der Waals surface area (Å²) in [7, 11) is 0. The van der Waals surface area contributed by atoms with Gasteiger partial charge in [-0.05, 0) is 41.9 Å². The number of imidazole rings is 1. The standard InChI is InChI=1S/C28H39F2N3O3/c1-17(10-12-27(2,3)4)23(34)24(28(5,6)7)32-26(35)22-21-11-14-36-15-13-33(21)25(31-22)18-8-9-19(29)20(30)16-18/h8-9,16-17,24H,10-15H2,1-7H3,(H,32,35). The van der Waals surface area contributed by atoms with Gasteiger partial charge in [0.25, 0.3) is 5.91 Å². The number of fused-ring (bicyclic) bond motifs is 1. The highest BCUT2D eigenvalue weighted by Crippen LogP contribution is 2.30. The van der Waals surface area contributed by atoms with E-state index in [-0.39, 0.29) is 22.8 Å². The zero-order valence-electron chi connectivity index (χ0n) is 22.5. The zero-order valence-corrected chi connectivity index (χ0v) is 22.5. The number of benzene rings is 1. The molecule has 0 saturated heterocycles. The number of rotatable bonds is 7. The molecule has 0 bridgehead atoms. The van der Waals surface area contributed by atoms with Gasteiger partial charge in [-0.3, -0.25) is 9.59 Å². The molecule has 1 N–H and O–H groups in total. The third-order valence-corrected chi connectivity index (χ3v) is 6.65. The SMILES string of the molecule is CC(CCC(C)(C)C)C(=O)C(NC(=O)c1nc(-c2ccc(F)c(F)c2)n2c1CCOCC2)C(C)(C)C. The van der Waals surface area contributed by atoms with Gasteiger partial charge in [0.15, 0.2) is 17.4 Å². The van der Waals surface area contributed by atoms with E-state index in [1.54, 1.807) is 0 Å². The number of halogens is 2. The molecule has 3 rings (SSSR count). The molecule has 2 unspecified atom stereocenters. The molecule has 1 aromatic carbocycles. The minimum absolute atomic E-state index is 0.00504. The van der Waals surface area contributed by atoms with E-state index < -0.39 is 29.0 Å². The Morgan fingerprint density at radius 3 is 2.42 bits per heavy atom. The van der Waals surface area contributed by atoms with E-state index >= 15 is 0 Å².